The maximum atomic E-state index is 12.8. The third-order valence-electron chi connectivity index (χ3n) is 4.78. The molecule has 2 fully saturated rings. The number of esters is 1. The van der Waals surface area contributed by atoms with Gasteiger partial charge in [0.25, 0.3) is 5.91 Å². The van der Waals surface area contributed by atoms with E-state index < -0.39 is 5.60 Å². The Kier molecular flexibility index (Phi) is 3.29. The highest BCUT2D eigenvalue weighted by atomic mass is 16.6. The number of aromatic nitrogens is 1. The van der Waals surface area contributed by atoms with Gasteiger partial charge < -0.3 is 9.64 Å². The summed E-state index contributed by atoms with van der Waals surface area (Å²) in [6.45, 7) is 1.19. The molecule has 5 nitrogen and oxygen atoms in total. The first-order valence-corrected chi connectivity index (χ1v) is 8.01. The molecule has 23 heavy (non-hydrogen) atoms. The van der Waals surface area contributed by atoms with E-state index in [2.05, 4.69) is 4.98 Å². The number of benzene rings is 1. The molecular formula is C18H18N2O3. The number of likely N-dealkylation sites (tertiary alicyclic amines) is 1. The number of carbonyl (C=O) groups is 2. The van der Waals surface area contributed by atoms with E-state index in [1.54, 1.807) is 11.1 Å². The number of fused-ring (bicyclic) bond motifs is 1. The number of hydrogen-bond acceptors (Lipinski definition) is 4. The first-order valence-electron chi connectivity index (χ1n) is 8.01. The largest absolute Gasteiger partial charge is 0.457 e. The van der Waals surface area contributed by atoms with Crippen LogP contribution in [-0.4, -0.2) is 40.5 Å². The van der Waals surface area contributed by atoms with Gasteiger partial charge in [-0.2, -0.15) is 0 Å². The zero-order valence-electron chi connectivity index (χ0n) is 12.8. The van der Waals surface area contributed by atoms with Crippen LogP contribution in [0.4, 0.5) is 0 Å². The van der Waals surface area contributed by atoms with Crippen LogP contribution >= 0.6 is 0 Å². The molecule has 118 valence electrons. The van der Waals surface area contributed by atoms with Gasteiger partial charge in [0.05, 0.1) is 17.6 Å². The average molecular weight is 310 g/mol. The molecule has 2 aromatic rings. The molecule has 1 amide bonds. The van der Waals surface area contributed by atoms with Gasteiger partial charge in [-0.3, -0.25) is 14.6 Å². The molecule has 0 bridgehead atoms. The SMILES string of the molecule is O=C1CC[C@]2(CCCN(C(=O)c3cnc4ccccc4c3)C2)O1. The van der Waals surface area contributed by atoms with Crippen molar-refractivity contribution in [1.82, 2.24) is 9.88 Å². The first kappa shape index (κ1) is 14.2. The fourth-order valence-corrected chi connectivity index (χ4v) is 3.60. The summed E-state index contributed by atoms with van der Waals surface area (Å²) in [7, 11) is 0. The minimum atomic E-state index is -0.463. The summed E-state index contributed by atoms with van der Waals surface area (Å²) >= 11 is 0. The molecule has 2 saturated heterocycles. The van der Waals surface area contributed by atoms with Crippen molar-refractivity contribution in [2.75, 3.05) is 13.1 Å². The van der Waals surface area contributed by atoms with E-state index >= 15 is 0 Å². The van der Waals surface area contributed by atoms with Crippen LogP contribution in [0.25, 0.3) is 10.9 Å². The summed E-state index contributed by atoms with van der Waals surface area (Å²) in [5.41, 5.74) is 1.00. The second kappa shape index (κ2) is 5.33. The molecule has 1 aromatic heterocycles. The van der Waals surface area contributed by atoms with Crippen molar-refractivity contribution in [1.29, 1.82) is 0 Å². The van der Waals surface area contributed by atoms with E-state index in [1.807, 2.05) is 30.3 Å². The molecule has 3 heterocycles. The molecular weight excluding hydrogens is 292 g/mol. The van der Waals surface area contributed by atoms with E-state index in [4.69, 9.17) is 4.74 Å². The van der Waals surface area contributed by atoms with E-state index in [1.165, 1.54) is 0 Å². The number of pyridine rings is 1. The van der Waals surface area contributed by atoms with E-state index in [9.17, 15) is 9.59 Å². The van der Waals surface area contributed by atoms with Crippen molar-refractivity contribution in [2.45, 2.75) is 31.3 Å². The van der Waals surface area contributed by atoms with Crippen molar-refractivity contribution in [3.8, 4) is 0 Å². The van der Waals surface area contributed by atoms with Crippen LogP contribution in [0.3, 0.4) is 0 Å². The predicted molar refractivity (Wildman–Crippen MR) is 84.9 cm³/mol. The van der Waals surface area contributed by atoms with Crippen LogP contribution in [0.15, 0.2) is 36.5 Å². The zero-order chi connectivity index (χ0) is 15.9. The number of nitrogens with zero attached hydrogens (tertiary/aromatic N) is 2. The smallest absolute Gasteiger partial charge is 0.306 e. The maximum Gasteiger partial charge on any atom is 0.306 e. The lowest BCUT2D eigenvalue weighted by atomic mass is 9.89. The molecule has 0 N–H and O–H groups in total. The lowest BCUT2D eigenvalue weighted by molar-refractivity contribution is -0.151. The second-order valence-electron chi connectivity index (χ2n) is 6.40. The van der Waals surface area contributed by atoms with Crippen LogP contribution in [-0.2, 0) is 9.53 Å². The van der Waals surface area contributed by atoms with Gasteiger partial charge in [-0.05, 0) is 31.4 Å². The van der Waals surface area contributed by atoms with Gasteiger partial charge in [0.1, 0.15) is 5.60 Å². The van der Waals surface area contributed by atoms with Crippen LogP contribution in [0.1, 0.15) is 36.0 Å². The molecule has 0 saturated carbocycles. The molecule has 1 atom stereocenters. The Bertz CT molecular complexity index is 789. The molecule has 0 unspecified atom stereocenters. The molecule has 2 aliphatic rings. The Balaban J connectivity index is 1.58. The van der Waals surface area contributed by atoms with E-state index in [0.29, 0.717) is 31.5 Å². The van der Waals surface area contributed by atoms with E-state index in [-0.39, 0.29) is 11.9 Å². The normalized spacial score (nSPS) is 24.2. The van der Waals surface area contributed by atoms with Crippen molar-refractivity contribution in [2.24, 2.45) is 0 Å². The van der Waals surface area contributed by atoms with Crippen LogP contribution in [0.5, 0.6) is 0 Å². The summed E-state index contributed by atoms with van der Waals surface area (Å²) in [5, 5.41) is 0.956. The van der Waals surface area contributed by atoms with Gasteiger partial charge in [-0.1, -0.05) is 18.2 Å². The molecule has 2 aliphatic heterocycles. The van der Waals surface area contributed by atoms with Crippen molar-refractivity contribution < 1.29 is 14.3 Å². The van der Waals surface area contributed by atoms with Gasteiger partial charge >= 0.3 is 5.97 Å². The summed E-state index contributed by atoms with van der Waals surface area (Å²) in [4.78, 5) is 30.4. The summed E-state index contributed by atoms with van der Waals surface area (Å²) in [6.07, 6.45) is 4.51. The number of hydrogen-bond donors (Lipinski definition) is 0. The van der Waals surface area contributed by atoms with Crippen molar-refractivity contribution in [3.63, 3.8) is 0 Å². The van der Waals surface area contributed by atoms with Gasteiger partial charge in [0.2, 0.25) is 0 Å². The Morgan fingerprint density at radius 3 is 2.96 bits per heavy atom. The molecule has 4 rings (SSSR count). The third-order valence-corrected chi connectivity index (χ3v) is 4.78. The van der Waals surface area contributed by atoms with Gasteiger partial charge in [0.15, 0.2) is 0 Å². The van der Waals surface area contributed by atoms with Crippen LogP contribution in [0.2, 0.25) is 0 Å². The zero-order valence-corrected chi connectivity index (χ0v) is 12.8. The van der Waals surface area contributed by atoms with Crippen molar-refractivity contribution >= 4 is 22.8 Å². The lowest BCUT2D eigenvalue weighted by Gasteiger charge is -2.39. The number of ether oxygens (including phenoxy) is 1. The number of rotatable bonds is 1. The Morgan fingerprint density at radius 2 is 2.13 bits per heavy atom. The third kappa shape index (κ3) is 2.56. The Labute approximate surface area is 134 Å². The number of piperidine rings is 1. The molecule has 0 radical (unpaired) electrons. The predicted octanol–water partition coefficient (Wildman–Crippen LogP) is 2.55. The molecule has 1 spiro atoms. The summed E-state index contributed by atoms with van der Waals surface area (Å²) in [5.74, 6) is -0.183. The fourth-order valence-electron chi connectivity index (χ4n) is 3.60. The quantitative estimate of drug-likeness (QED) is 0.760. The van der Waals surface area contributed by atoms with Crippen LogP contribution in [0, 0.1) is 0 Å². The Hall–Kier alpha value is -2.43. The number of amides is 1. The maximum absolute atomic E-state index is 12.8. The van der Waals surface area contributed by atoms with Crippen LogP contribution < -0.4 is 0 Å². The molecule has 0 aliphatic carbocycles. The Morgan fingerprint density at radius 1 is 1.26 bits per heavy atom. The van der Waals surface area contributed by atoms with Crippen molar-refractivity contribution in [3.05, 3.63) is 42.1 Å². The fraction of sp³-hybridized carbons (Fsp3) is 0.389. The highest BCUT2D eigenvalue weighted by molar-refractivity contribution is 5.97. The topological polar surface area (TPSA) is 59.5 Å². The minimum absolute atomic E-state index is 0.0368. The van der Waals surface area contributed by atoms with E-state index in [0.717, 1.165) is 23.7 Å². The standard InChI is InChI=1S/C18H18N2O3/c21-16-6-8-18(23-16)7-3-9-20(12-18)17(22)14-10-13-4-1-2-5-15(13)19-11-14/h1-2,4-5,10-11H,3,6-9,12H2/t18-/m0/s1. The first-order chi connectivity index (χ1) is 11.2. The van der Waals surface area contributed by atoms with Gasteiger partial charge in [-0.15, -0.1) is 0 Å². The number of carbonyl (C=O) groups excluding carboxylic acids is 2. The monoisotopic (exact) mass is 310 g/mol. The summed E-state index contributed by atoms with van der Waals surface area (Å²) < 4.78 is 5.53. The minimum Gasteiger partial charge on any atom is -0.457 e. The summed E-state index contributed by atoms with van der Waals surface area (Å²) in [6, 6.07) is 9.63. The highest BCUT2D eigenvalue weighted by Crippen LogP contribution is 2.35. The molecule has 1 aromatic carbocycles. The number of para-hydroxylation sites is 1. The average Bonchev–Trinajstić information content (AvgIpc) is 2.93. The lowest BCUT2D eigenvalue weighted by Crippen LogP contribution is -2.50. The second-order valence-corrected chi connectivity index (χ2v) is 6.40. The van der Waals surface area contributed by atoms with Gasteiger partial charge in [-0.25, -0.2) is 0 Å². The van der Waals surface area contributed by atoms with Gasteiger partial charge in [0, 0.05) is 24.5 Å². The highest BCUT2D eigenvalue weighted by Gasteiger charge is 2.44. The molecule has 5 heteroatoms.